The molecule has 2 aliphatic heterocycles. The van der Waals surface area contributed by atoms with Gasteiger partial charge in [0.1, 0.15) is 5.54 Å². The summed E-state index contributed by atoms with van der Waals surface area (Å²) in [5, 5.41) is 5.76. The van der Waals surface area contributed by atoms with E-state index in [0.717, 1.165) is 37.8 Å². The molecular weight excluding hydrogens is 408 g/mol. The van der Waals surface area contributed by atoms with Crippen LogP contribution in [0.5, 0.6) is 0 Å². The van der Waals surface area contributed by atoms with Gasteiger partial charge in [0.05, 0.1) is 5.92 Å². The molecule has 2 saturated heterocycles. The molecule has 5 rings (SSSR count). The van der Waals surface area contributed by atoms with Crippen molar-refractivity contribution in [3.63, 3.8) is 0 Å². The highest BCUT2D eigenvalue weighted by Crippen LogP contribution is 2.35. The molecule has 5 amide bonds. The van der Waals surface area contributed by atoms with E-state index in [1.165, 1.54) is 16.0 Å². The Morgan fingerprint density at radius 3 is 2.69 bits per heavy atom. The molecule has 2 aliphatic carbocycles. The third-order valence-electron chi connectivity index (χ3n) is 7.45. The molecule has 8 nitrogen and oxygen atoms in total. The zero-order valence-electron chi connectivity index (χ0n) is 18.3. The van der Waals surface area contributed by atoms with Gasteiger partial charge in [0.2, 0.25) is 11.8 Å². The number of nitrogens with zero attached hydrogens (tertiary/aromatic N) is 2. The highest BCUT2D eigenvalue weighted by atomic mass is 16.2. The second-order valence-corrected chi connectivity index (χ2v) is 9.53. The number of benzene rings is 1. The van der Waals surface area contributed by atoms with E-state index in [9.17, 15) is 19.2 Å². The molecule has 1 saturated carbocycles. The fourth-order valence-electron chi connectivity index (χ4n) is 5.65. The van der Waals surface area contributed by atoms with E-state index in [-0.39, 0.29) is 42.6 Å². The molecule has 1 aromatic rings. The number of imide groups is 1. The Kier molecular flexibility index (Phi) is 5.39. The van der Waals surface area contributed by atoms with Crippen molar-refractivity contribution >= 4 is 29.4 Å². The van der Waals surface area contributed by atoms with E-state index >= 15 is 0 Å². The van der Waals surface area contributed by atoms with E-state index in [1.807, 2.05) is 6.07 Å². The maximum absolute atomic E-state index is 12.7. The predicted octanol–water partition coefficient (Wildman–Crippen LogP) is 1.90. The van der Waals surface area contributed by atoms with Crippen LogP contribution in [-0.2, 0) is 27.2 Å². The van der Waals surface area contributed by atoms with Crippen molar-refractivity contribution in [3.8, 4) is 0 Å². The highest BCUT2D eigenvalue weighted by Gasteiger charge is 2.52. The molecule has 0 radical (unpaired) electrons. The lowest BCUT2D eigenvalue weighted by molar-refractivity contribution is -0.131. The number of nitrogens with one attached hydrogen (secondary N) is 2. The van der Waals surface area contributed by atoms with Gasteiger partial charge >= 0.3 is 6.03 Å². The summed E-state index contributed by atoms with van der Waals surface area (Å²) < 4.78 is 0. The zero-order valence-corrected chi connectivity index (χ0v) is 18.3. The Morgan fingerprint density at radius 1 is 1.09 bits per heavy atom. The van der Waals surface area contributed by atoms with Gasteiger partial charge in [-0.3, -0.25) is 19.3 Å². The first kappa shape index (κ1) is 21.0. The van der Waals surface area contributed by atoms with Gasteiger partial charge < -0.3 is 15.5 Å². The van der Waals surface area contributed by atoms with Gasteiger partial charge in [-0.05, 0) is 61.8 Å². The van der Waals surface area contributed by atoms with Crippen molar-refractivity contribution in [2.45, 2.75) is 63.3 Å². The average molecular weight is 439 g/mol. The predicted molar refractivity (Wildman–Crippen MR) is 118 cm³/mol. The SMILES string of the molecule is O=C(NCCCN1C(=O)NC2(CCCC2)C1=O)C1CC(=O)N(c2ccc3c(c2)CCC3)C1. The number of hydrogen-bond donors (Lipinski definition) is 2. The summed E-state index contributed by atoms with van der Waals surface area (Å²) in [7, 11) is 0. The monoisotopic (exact) mass is 438 g/mol. The van der Waals surface area contributed by atoms with Gasteiger partial charge in [-0.25, -0.2) is 4.79 Å². The van der Waals surface area contributed by atoms with Crippen LogP contribution in [-0.4, -0.2) is 53.8 Å². The van der Waals surface area contributed by atoms with Crippen LogP contribution in [0.15, 0.2) is 18.2 Å². The summed E-state index contributed by atoms with van der Waals surface area (Å²) in [5.41, 5.74) is 2.86. The minimum atomic E-state index is -0.689. The quantitative estimate of drug-likeness (QED) is 0.523. The van der Waals surface area contributed by atoms with Gasteiger partial charge in [0.25, 0.3) is 5.91 Å². The van der Waals surface area contributed by atoms with Crippen molar-refractivity contribution in [3.05, 3.63) is 29.3 Å². The van der Waals surface area contributed by atoms with Crippen LogP contribution >= 0.6 is 0 Å². The lowest BCUT2D eigenvalue weighted by Crippen LogP contribution is -2.44. The van der Waals surface area contributed by atoms with Crippen LogP contribution in [0.3, 0.4) is 0 Å². The maximum Gasteiger partial charge on any atom is 0.325 e. The number of aryl methyl sites for hydroxylation is 2. The fourth-order valence-corrected chi connectivity index (χ4v) is 5.65. The van der Waals surface area contributed by atoms with E-state index in [1.54, 1.807) is 4.90 Å². The number of fused-ring (bicyclic) bond motifs is 1. The topological polar surface area (TPSA) is 98.8 Å². The van der Waals surface area contributed by atoms with Crippen LogP contribution in [0.1, 0.15) is 56.1 Å². The molecule has 170 valence electrons. The Hall–Kier alpha value is -2.90. The van der Waals surface area contributed by atoms with Crippen LogP contribution in [0, 0.1) is 5.92 Å². The van der Waals surface area contributed by atoms with Crippen LogP contribution in [0.2, 0.25) is 0 Å². The molecule has 0 aromatic heterocycles. The van der Waals surface area contributed by atoms with Gasteiger partial charge in [0.15, 0.2) is 0 Å². The molecule has 0 bridgehead atoms. The van der Waals surface area contributed by atoms with Gasteiger partial charge in [-0.2, -0.15) is 0 Å². The van der Waals surface area contributed by atoms with Gasteiger partial charge in [-0.15, -0.1) is 0 Å². The number of amides is 5. The third kappa shape index (κ3) is 3.65. The normalized spacial score (nSPS) is 23.9. The summed E-state index contributed by atoms with van der Waals surface area (Å²) in [6.45, 7) is 1.04. The molecule has 2 N–H and O–H groups in total. The first-order valence-corrected chi connectivity index (χ1v) is 11.8. The average Bonchev–Trinajstić information content (AvgIpc) is 3.55. The number of hydrogen-bond acceptors (Lipinski definition) is 4. The number of anilines is 1. The summed E-state index contributed by atoms with van der Waals surface area (Å²) in [4.78, 5) is 53.1. The molecule has 32 heavy (non-hydrogen) atoms. The Bertz CT molecular complexity index is 969. The molecule has 1 unspecified atom stereocenters. The first-order valence-electron chi connectivity index (χ1n) is 11.8. The second kappa shape index (κ2) is 8.22. The summed E-state index contributed by atoms with van der Waals surface area (Å²) >= 11 is 0. The minimum Gasteiger partial charge on any atom is -0.356 e. The first-order chi connectivity index (χ1) is 15.5. The van der Waals surface area contributed by atoms with Crippen molar-refractivity contribution in [2.75, 3.05) is 24.5 Å². The molecule has 8 heteroatoms. The lowest BCUT2D eigenvalue weighted by Gasteiger charge is -2.20. The smallest absolute Gasteiger partial charge is 0.325 e. The standard InChI is InChI=1S/C24H30N4O4/c29-20-14-18(15-28(20)19-8-7-16-5-3-6-17(16)13-19)21(30)25-11-4-12-27-22(31)24(26-23(27)32)9-1-2-10-24/h7-8,13,18H,1-6,9-12,14-15H2,(H,25,30)(H,26,32). The minimum absolute atomic E-state index is 0.0238. The van der Waals surface area contributed by atoms with Crippen molar-refractivity contribution in [2.24, 2.45) is 5.92 Å². The van der Waals surface area contributed by atoms with Crippen molar-refractivity contribution in [1.82, 2.24) is 15.5 Å². The number of rotatable bonds is 6. The molecule has 1 atom stereocenters. The molecule has 3 fully saturated rings. The molecule has 1 spiro atoms. The molecule has 2 heterocycles. The fraction of sp³-hybridized carbons (Fsp3) is 0.583. The Balaban J connectivity index is 1.10. The summed E-state index contributed by atoms with van der Waals surface area (Å²) in [6.07, 6.45) is 7.34. The van der Waals surface area contributed by atoms with Crippen LogP contribution in [0.4, 0.5) is 10.5 Å². The number of carbonyl (C=O) groups excluding carboxylic acids is 4. The summed E-state index contributed by atoms with van der Waals surface area (Å²) in [5.74, 6) is -0.678. The van der Waals surface area contributed by atoms with E-state index in [4.69, 9.17) is 0 Å². The summed E-state index contributed by atoms with van der Waals surface area (Å²) in [6, 6.07) is 5.85. The largest absolute Gasteiger partial charge is 0.356 e. The molecule has 1 aromatic carbocycles. The van der Waals surface area contributed by atoms with Crippen molar-refractivity contribution in [1.29, 1.82) is 0 Å². The van der Waals surface area contributed by atoms with Gasteiger partial charge in [-0.1, -0.05) is 18.9 Å². The third-order valence-corrected chi connectivity index (χ3v) is 7.45. The number of urea groups is 1. The van der Waals surface area contributed by atoms with Gasteiger partial charge in [0, 0.05) is 31.7 Å². The Labute approximate surface area is 187 Å². The van der Waals surface area contributed by atoms with E-state index < -0.39 is 5.54 Å². The van der Waals surface area contributed by atoms with Crippen LogP contribution < -0.4 is 15.5 Å². The highest BCUT2D eigenvalue weighted by molar-refractivity contribution is 6.07. The van der Waals surface area contributed by atoms with E-state index in [2.05, 4.69) is 22.8 Å². The molecule has 4 aliphatic rings. The second-order valence-electron chi connectivity index (χ2n) is 9.53. The zero-order chi connectivity index (χ0) is 22.3. The van der Waals surface area contributed by atoms with E-state index in [0.29, 0.717) is 32.4 Å². The lowest BCUT2D eigenvalue weighted by atomic mass is 9.98. The number of carbonyl (C=O) groups is 4. The Morgan fingerprint density at radius 2 is 1.88 bits per heavy atom. The van der Waals surface area contributed by atoms with Crippen LogP contribution in [0.25, 0.3) is 0 Å². The maximum atomic E-state index is 12.7. The van der Waals surface area contributed by atoms with Crippen molar-refractivity contribution < 1.29 is 19.2 Å². The molecular formula is C24H30N4O4.